The normalized spacial score (nSPS) is 12.9. The van der Waals surface area contributed by atoms with E-state index in [0.717, 1.165) is 29.5 Å². The number of hydrogen-bond acceptors (Lipinski definition) is 9. The number of carboxylic acids is 1. The van der Waals surface area contributed by atoms with Crippen LogP contribution in [0.1, 0.15) is 51.4 Å². The molecule has 0 aliphatic carbocycles. The Morgan fingerprint density at radius 3 is 2.20 bits per heavy atom. The summed E-state index contributed by atoms with van der Waals surface area (Å²) < 4.78 is 55.1. The SMILES string of the molecule is CCC(C)OC(=O)C(COC(=O)Oc1ccc(NC(=O)c2ccccc2-c2ccc(C(F)(F)F)cc2)c(C(=O)N(C)C)c1)(C(=O)O)c1cccs1. The molecule has 0 spiro atoms. The molecule has 1 heterocycles. The molecule has 2 unspecified atom stereocenters. The fourth-order valence-corrected chi connectivity index (χ4v) is 5.63. The molecule has 0 bridgehead atoms. The van der Waals surface area contributed by atoms with Crippen molar-refractivity contribution in [3.63, 3.8) is 0 Å². The molecule has 4 rings (SSSR count). The van der Waals surface area contributed by atoms with Crippen LogP contribution in [-0.4, -0.2) is 66.7 Å². The zero-order valence-corrected chi connectivity index (χ0v) is 28.6. The first-order valence-corrected chi connectivity index (χ1v) is 16.2. The first kappa shape index (κ1) is 38.1. The smallest absolute Gasteiger partial charge is 0.480 e. The second-order valence-corrected chi connectivity index (χ2v) is 12.4. The fourth-order valence-electron chi connectivity index (χ4n) is 4.74. The number of ether oxygens (including phenoxy) is 3. The summed E-state index contributed by atoms with van der Waals surface area (Å²) in [5.74, 6) is -4.24. The lowest BCUT2D eigenvalue weighted by atomic mass is 9.87. The number of anilines is 1. The maximum atomic E-state index is 13.5. The molecule has 268 valence electrons. The van der Waals surface area contributed by atoms with Crippen LogP contribution in [0.2, 0.25) is 0 Å². The van der Waals surface area contributed by atoms with E-state index in [1.165, 1.54) is 61.5 Å². The van der Waals surface area contributed by atoms with Gasteiger partial charge in [0.2, 0.25) is 5.41 Å². The number of thiophene rings is 1. The van der Waals surface area contributed by atoms with Gasteiger partial charge in [0.15, 0.2) is 0 Å². The lowest BCUT2D eigenvalue weighted by molar-refractivity contribution is -0.167. The molecule has 0 aliphatic rings. The summed E-state index contributed by atoms with van der Waals surface area (Å²) in [5, 5.41) is 14.4. The van der Waals surface area contributed by atoms with Crippen LogP contribution >= 0.6 is 11.3 Å². The number of aliphatic carboxylic acids is 1. The number of carboxylic acid groups (broad SMARTS) is 1. The maximum Gasteiger partial charge on any atom is 0.513 e. The van der Waals surface area contributed by atoms with Crippen LogP contribution in [0, 0.1) is 0 Å². The van der Waals surface area contributed by atoms with Crippen LogP contribution in [0.3, 0.4) is 0 Å². The van der Waals surface area contributed by atoms with Crippen molar-refractivity contribution in [3.05, 3.63) is 106 Å². The van der Waals surface area contributed by atoms with E-state index in [9.17, 15) is 42.3 Å². The van der Waals surface area contributed by atoms with Crippen molar-refractivity contribution in [1.82, 2.24) is 4.90 Å². The van der Waals surface area contributed by atoms with Gasteiger partial charge in [-0.1, -0.05) is 43.3 Å². The number of esters is 1. The van der Waals surface area contributed by atoms with Gasteiger partial charge in [-0.15, -0.1) is 11.3 Å². The van der Waals surface area contributed by atoms with Crippen molar-refractivity contribution in [1.29, 1.82) is 0 Å². The number of rotatable bonds is 12. The molecule has 0 aliphatic heterocycles. The molecule has 0 radical (unpaired) electrons. The molecule has 2 atom stereocenters. The van der Waals surface area contributed by atoms with Gasteiger partial charge in [-0.05, 0) is 72.3 Å². The molecule has 0 saturated heterocycles. The van der Waals surface area contributed by atoms with Gasteiger partial charge in [-0.2, -0.15) is 13.2 Å². The molecule has 0 saturated carbocycles. The van der Waals surface area contributed by atoms with Gasteiger partial charge in [0, 0.05) is 24.5 Å². The number of halogens is 3. The molecule has 15 heteroatoms. The van der Waals surface area contributed by atoms with Crippen LogP contribution in [-0.2, 0) is 30.7 Å². The number of carbonyl (C=O) groups is 5. The molecule has 3 aromatic carbocycles. The average Bonchev–Trinajstić information content (AvgIpc) is 3.63. The molecule has 0 fully saturated rings. The standard InChI is InChI=1S/C36H33F3N2O9S/c1-5-21(2)49-33(46)35(32(44)45,29-11-8-18-51-29)20-48-34(47)50-24-16-17-28(27(19-24)31(43)41(3)4)40-30(42)26-10-7-6-9-25(26)22-12-14-23(15-13-22)36(37,38)39/h6-19,21H,5,20H2,1-4H3,(H,40,42)(H,44,45). The number of nitrogens with zero attached hydrogens (tertiary/aromatic N) is 1. The first-order valence-electron chi connectivity index (χ1n) is 15.3. The van der Waals surface area contributed by atoms with Crippen molar-refractivity contribution in [2.24, 2.45) is 0 Å². The number of amides is 2. The highest BCUT2D eigenvalue weighted by atomic mass is 32.1. The highest BCUT2D eigenvalue weighted by Gasteiger charge is 2.52. The van der Waals surface area contributed by atoms with Crippen LogP contribution in [0.25, 0.3) is 11.1 Å². The van der Waals surface area contributed by atoms with E-state index in [0.29, 0.717) is 17.5 Å². The number of benzene rings is 3. The molecule has 2 amide bonds. The predicted octanol–water partition coefficient (Wildman–Crippen LogP) is 7.27. The Labute approximate surface area is 294 Å². The van der Waals surface area contributed by atoms with Crippen molar-refractivity contribution in [2.45, 2.75) is 38.0 Å². The predicted molar refractivity (Wildman–Crippen MR) is 181 cm³/mol. The summed E-state index contributed by atoms with van der Waals surface area (Å²) in [5.41, 5.74) is -2.55. The monoisotopic (exact) mass is 726 g/mol. The minimum absolute atomic E-state index is 0.0111. The number of nitrogens with one attached hydrogen (secondary N) is 1. The molecule has 51 heavy (non-hydrogen) atoms. The second-order valence-electron chi connectivity index (χ2n) is 11.4. The fraction of sp³-hybridized carbons (Fsp3) is 0.250. The van der Waals surface area contributed by atoms with Crippen LogP contribution in [0.4, 0.5) is 23.7 Å². The Hall–Kier alpha value is -5.70. The largest absolute Gasteiger partial charge is 0.513 e. The Morgan fingerprint density at radius 2 is 1.61 bits per heavy atom. The second kappa shape index (κ2) is 15.9. The number of carbonyl (C=O) groups excluding carboxylic acids is 4. The molecule has 4 aromatic rings. The molecule has 11 nitrogen and oxygen atoms in total. The number of hydrogen-bond donors (Lipinski definition) is 2. The van der Waals surface area contributed by atoms with Crippen molar-refractivity contribution >= 4 is 46.9 Å². The van der Waals surface area contributed by atoms with E-state index in [4.69, 9.17) is 14.2 Å². The lowest BCUT2D eigenvalue weighted by Crippen LogP contribution is -2.49. The zero-order valence-electron chi connectivity index (χ0n) is 27.8. The Bertz CT molecular complexity index is 1910. The van der Waals surface area contributed by atoms with Gasteiger partial charge in [-0.25, -0.2) is 4.79 Å². The van der Waals surface area contributed by atoms with Crippen molar-refractivity contribution in [3.8, 4) is 16.9 Å². The quantitative estimate of drug-likeness (QED) is 0.0874. The molecule has 2 N–H and O–H groups in total. The third kappa shape index (κ3) is 8.73. The van der Waals surface area contributed by atoms with Gasteiger partial charge in [0.1, 0.15) is 12.4 Å². The summed E-state index contributed by atoms with van der Waals surface area (Å²) in [6.07, 6.45) is -6.14. The third-order valence-electron chi connectivity index (χ3n) is 7.72. The summed E-state index contributed by atoms with van der Waals surface area (Å²) in [7, 11) is 2.90. The summed E-state index contributed by atoms with van der Waals surface area (Å²) in [6, 6.07) is 17.1. The van der Waals surface area contributed by atoms with Gasteiger partial charge in [0.25, 0.3) is 11.8 Å². The third-order valence-corrected chi connectivity index (χ3v) is 8.75. The topological polar surface area (TPSA) is 149 Å². The van der Waals surface area contributed by atoms with Crippen molar-refractivity contribution in [2.75, 3.05) is 26.0 Å². The lowest BCUT2D eigenvalue weighted by Gasteiger charge is -2.27. The zero-order chi connectivity index (χ0) is 37.5. The van der Waals surface area contributed by atoms with Crippen molar-refractivity contribution < 1.29 is 56.5 Å². The van der Waals surface area contributed by atoms with E-state index in [2.05, 4.69) is 5.32 Å². The first-order chi connectivity index (χ1) is 24.1. The highest BCUT2D eigenvalue weighted by molar-refractivity contribution is 7.10. The maximum absolute atomic E-state index is 13.5. The Balaban J connectivity index is 1.58. The van der Waals surface area contributed by atoms with E-state index in [1.807, 2.05) is 0 Å². The minimum Gasteiger partial charge on any atom is -0.480 e. The number of alkyl halides is 3. The van der Waals surface area contributed by atoms with Gasteiger partial charge in [-0.3, -0.25) is 19.2 Å². The Morgan fingerprint density at radius 1 is 0.922 bits per heavy atom. The van der Waals surface area contributed by atoms with E-state index in [-0.39, 0.29) is 27.4 Å². The van der Waals surface area contributed by atoms with Gasteiger partial charge >= 0.3 is 24.3 Å². The van der Waals surface area contributed by atoms with Crippen LogP contribution in [0.15, 0.2) is 84.2 Å². The van der Waals surface area contributed by atoms with E-state index in [1.54, 1.807) is 37.4 Å². The van der Waals surface area contributed by atoms with Crippen LogP contribution < -0.4 is 10.1 Å². The van der Waals surface area contributed by atoms with Crippen LogP contribution in [0.5, 0.6) is 5.75 Å². The van der Waals surface area contributed by atoms with E-state index < -0.39 is 59.8 Å². The summed E-state index contributed by atoms with van der Waals surface area (Å²) in [6.45, 7) is 2.37. The highest BCUT2D eigenvalue weighted by Crippen LogP contribution is 2.34. The minimum atomic E-state index is -4.54. The molecular weight excluding hydrogens is 693 g/mol. The Kier molecular flexibility index (Phi) is 11.9. The molecular formula is C36H33F3N2O9S. The van der Waals surface area contributed by atoms with Gasteiger partial charge in [0.05, 0.1) is 22.9 Å². The van der Waals surface area contributed by atoms with E-state index >= 15 is 0 Å². The molecule has 1 aromatic heterocycles. The summed E-state index contributed by atoms with van der Waals surface area (Å²) in [4.78, 5) is 66.5. The average molecular weight is 727 g/mol. The summed E-state index contributed by atoms with van der Waals surface area (Å²) >= 11 is 0.959. The van der Waals surface area contributed by atoms with Gasteiger partial charge < -0.3 is 29.5 Å².